The van der Waals surface area contributed by atoms with Gasteiger partial charge in [0.05, 0.1) is 30.5 Å². The predicted octanol–water partition coefficient (Wildman–Crippen LogP) is 3.45. The van der Waals surface area contributed by atoms with Crippen LogP contribution in [0.2, 0.25) is 0 Å². The highest BCUT2D eigenvalue weighted by molar-refractivity contribution is 7.22. The van der Waals surface area contributed by atoms with Crippen LogP contribution < -0.4 is 9.64 Å². The highest BCUT2D eigenvalue weighted by Gasteiger charge is 2.24. The van der Waals surface area contributed by atoms with E-state index >= 15 is 0 Å². The van der Waals surface area contributed by atoms with Crippen LogP contribution in [0.3, 0.4) is 0 Å². The minimum atomic E-state index is -0.118. The van der Waals surface area contributed by atoms with E-state index < -0.39 is 0 Å². The zero-order chi connectivity index (χ0) is 21.8. The molecule has 0 spiro atoms. The van der Waals surface area contributed by atoms with Crippen LogP contribution in [0.5, 0.6) is 5.75 Å². The average Bonchev–Trinajstić information content (AvgIpc) is 3.44. The van der Waals surface area contributed by atoms with Gasteiger partial charge in [0.15, 0.2) is 10.8 Å². The van der Waals surface area contributed by atoms with Gasteiger partial charge in [0, 0.05) is 38.4 Å². The summed E-state index contributed by atoms with van der Waals surface area (Å²) in [5.74, 6) is 0.663. The third-order valence-electron chi connectivity index (χ3n) is 5.38. The first-order valence-corrected chi connectivity index (χ1v) is 11.5. The number of carbonyl (C=O) groups is 1. The number of anilines is 1. The highest BCUT2D eigenvalue weighted by atomic mass is 32.1. The standard InChI is InChI=1S/C22H29N5O3S/c1-16(2)27-10-7-19(24-27)21(28)26(9-4-8-25-11-13-30-14-12-25)22-23-18-6-5-17(29-3)15-20(18)31-22/h5-7,10,15-16H,4,8-9,11-14H2,1-3H3. The second kappa shape index (κ2) is 9.76. The van der Waals surface area contributed by atoms with E-state index in [1.54, 1.807) is 18.1 Å². The fraction of sp³-hybridized carbons (Fsp3) is 0.500. The maximum Gasteiger partial charge on any atom is 0.280 e. The highest BCUT2D eigenvalue weighted by Crippen LogP contribution is 2.32. The molecule has 1 amide bonds. The summed E-state index contributed by atoms with van der Waals surface area (Å²) in [6.45, 7) is 9.02. The second-order valence-corrected chi connectivity index (χ2v) is 8.88. The number of carbonyl (C=O) groups excluding carboxylic acids is 1. The molecule has 0 bridgehead atoms. The molecule has 3 heterocycles. The monoisotopic (exact) mass is 443 g/mol. The van der Waals surface area contributed by atoms with Gasteiger partial charge in [-0.15, -0.1) is 0 Å². The van der Waals surface area contributed by atoms with Crippen LogP contribution >= 0.6 is 11.3 Å². The van der Waals surface area contributed by atoms with Crippen molar-refractivity contribution in [2.45, 2.75) is 26.3 Å². The molecule has 9 heteroatoms. The topological polar surface area (TPSA) is 72.7 Å². The number of rotatable bonds is 8. The van der Waals surface area contributed by atoms with Crippen LogP contribution in [-0.4, -0.2) is 72.1 Å². The van der Waals surface area contributed by atoms with Gasteiger partial charge in [-0.25, -0.2) is 4.98 Å². The third kappa shape index (κ3) is 5.06. The number of morpholine rings is 1. The van der Waals surface area contributed by atoms with Gasteiger partial charge in [-0.05, 0) is 44.5 Å². The number of methoxy groups -OCH3 is 1. The molecule has 1 saturated heterocycles. The molecule has 0 aliphatic carbocycles. The predicted molar refractivity (Wildman–Crippen MR) is 122 cm³/mol. The third-order valence-corrected chi connectivity index (χ3v) is 6.42. The number of fused-ring (bicyclic) bond motifs is 1. The van der Waals surface area contributed by atoms with E-state index in [1.165, 1.54) is 11.3 Å². The van der Waals surface area contributed by atoms with Crippen molar-refractivity contribution in [3.8, 4) is 5.75 Å². The lowest BCUT2D eigenvalue weighted by atomic mass is 10.3. The fourth-order valence-electron chi connectivity index (χ4n) is 3.57. The molecule has 1 aliphatic rings. The van der Waals surface area contributed by atoms with Crippen molar-refractivity contribution in [1.29, 1.82) is 0 Å². The van der Waals surface area contributed by atoms with Crippen LogP contribution in [0.25, 0.3) is 10.2 Å². The summed E-state index contributed by atoms with van der Waals surface area (Å²) >= 11 is 1.50. The van der Waals surface area contributed by atoms with Crippen LogP contribution in [0.1, 0.15) is 36.8 Å². The summed E-state index contributed by atoms with van der Waals surface area (Å²) in [6, 6.07) is 7.76. The first kappa shape index (κ1) is 21.7. The minimum Gasteiger partial charge on any atom is -0.497 e. The molecule has 2 aromatic heterocycles. The van der Waals surface area contributed by atoms with Gasteiger partial charge in [0.1, 0.15) is 5.75 Å². The van der Waals surface area contributed by atoms with Crippen molar-refractivity contribution in [2.24, 2.45) is 0 Å². The quantitative estimate of drug-likeness (QED) is 0.531. The number of hydrogen-bond donors (Lipinski definition) is 0. The molecule has 166 valence electrons. The summed E-state index contributed by atoms with van der Waals surface area (Å²) in [7, 11) is 1.65. The van der Waals surface area contributed by atoms with E-state index in [9.17, 15) is 4.79 Å². The zero-order valence-corrected chi connectivity index (χ0v) is 19.1. The van der Waals surface area contributed by atoms with Gasteiger partial charge < -0.3 is 9.47 Å². The normalized spacial score (nSPS) is 15.0. The Morgan fingerprint density at radius 2 is 2.10 bits per heavy atom. The molecule has 0 N–H and O–H groups in total. The van der Waals surface area contributed by atoms with E-state index in [2.05, 4.69) is 10.00 Å². The van der Waals surface area contributed by atoms with Crippen LogP contribution in [0, 0.1) is 0 Å². The molecule has 0 atom stereocenters. The Morgan fingerprint density at radius 3 is 2.81 bits per heavy atom. The maximum absolute atomic E-state index is 13.4. The molecule has 0 saturated carbocycles. The lowest BCUT2D eigenvalue weighted by Gasteiger charge is -2.27. The van der Waals surface area contributed by atoms with Crippen molar-refractivity contribution in [3.05, 3.63) is 36.2 Å². The maximum atomic E-state index is 13.4. The summed E-state index contributed by atoms with van der Waals surface area (Å²) in [4.78, 5) is 22.3. The van der Waals surface area contributed by atoms with Crippen molar-refractivity contribution in [2.75, 3.05) is 51.4 Å². The van der Waals surface area contributed by atoms with Gasteiger partial charge in [0.2, 0.25) is 0 Å². The number of benzene rings is 1. The van der Waals surface area contributed by atoms with Crippen LogP contribution in [0.15, 0.2) is 30.5 Å². The molecule has 0 unspecified atom stereocenters. The molecule has 1 aliphatic heterocycles. The van der Waals surface area contributed by atoms with E-state index in [-0.39, 0.29) is 11.9 Å². The molecular weight excluding hydrogens is 414 g/mol. The molecule has 1 fully saturated rings. The van der Waals surface area contributed by atoms with E-state index in [4.69, 9.17) is 14.5 Å². The summed E-state index contributed by atoms with van der Waals surface area (Å²) in [5.41, 5.74) is 1.30. The zero-order valence-electron chi connectivity index (χ0n) is 18.3. The average molecular weight is 444 g/mol. The van der Waals surface area contributed by atoms with Gasteiger partial charge in [0.25, 0.3) is 5.91 Å². The van der Waals surface area contributed by atoms with E-state index in [0.717, 1.165) is 55.2 Å². The number of hydrogen-bond acceptors (Lipinski definition) is 7. The summed E-state index contributed by atoms with van der Waals surface area (Å²) < 4.78 is 13.6. The van der Waals surface area contributed by atoms with Crippen LogP contribution in [-0.2, 0) is 4.74 Å². The Labute approximate surface area is 186 Å². The number of amides is 1. The molecule has 3 aromatic rings. The Balaban J connectivity index is 1.57. The fourth-order valence-corrected chi connectivity index (χ4v) is 4.59. The number of aromatic nitrogens is 3. The van der Waals surface area contributed by atoms with Crippen molar-refractivity contribution < 1.29 is 14.3 Å². The Morgan fingerprint density at radius 1 is 1.29 bits per heavy atom. The minimum absolute atomic E-state index is 0.118. The van der Waals surface area contributed by atoms with Crippen molar-refractivity contribution >= 4 is 32.6 Å². The molecular formula is C22H29N5O3S. The first-order chi connectivity index (χ1) is 15.0. The lowest BCUT2D eigenvalue weighted by molar-refractivity contribution is 0.0376. The SMILES string of the molecule is COc1ccc2nc(N(CCCN3CCOCC3)C(=O)c3ccn(C(C)C)n3)sc2c1. The molecule has 4 rings (SSSR count). The van der Waals surface area contributed by atoms with Crippen LogP contribution in [0.4, 0.5) is 5.13 Å². The molecule has 8 nitrogen and oxygen atoms in total. The van der Waals surface area contributed by atoms with Gasteiger partial charge >= 0.3 is 0 Å². The van der Waals surface area contributed by atoms with E-state index in [0.29, 0.717) is 17.4 Å². The second-order valence-electron chi connectivity index (χ2n) is 7.87. The van der Waals surface area contributed by atoms with Gasteiger partial charge in [-0.2, -0.15) is 5.10 Å². The Bertz CT molecular complexity index is 1030. The van der Waals surface area contributed by atoms with Gasteiger partial charge in [-0.1, -0.05) is 11.3 Å². The Kier molecular flexibility index (Phi) is 6.84. The van der Waals surface area contributed by atoms with Crippen molar-refractivity contribution in [1.82, 2.24) is 19.7 Å². The molecule has 0 radical (unpaired) electrons. The number of nitrogens with zero attached hydrogens (tertiary/aromatic N) is 5. The lowest BCUT2D eigenvalue weighted by Crippen LogP contribution is -2.39. The van der Waals surface area contributed by atoms with E-state index in [1.807, 2.05) is 42.9 Å². The van der Waals surface area contributed by atoms with Gasteiger partial charge in [-0.3, -0.25) is 19.3 Å². The summed E-state index contributed by atoms with van der Waals surface area (Å²) in [6.07, 6.45) is 2.71. The Hall–Kier alpha value is -2.49. The van der Waals surface area contributed by atoms with Crippen molar-refractivity contribution in [3.63, 3.8) is 0 Å². The molecule has 31 heavy (non-hydrogen) atoms. The summed E-state index contributed by atoms with van der Waals surface area (Å²) in [5, 5.41) is 5.18. The smallest absolute Gasteiger partial charge is 0.280 e. The number of ether oxygens (including phenoxy) is 2. The molecule has 1 aromatic carbocycles. The first-order valence-electron chi connectivity index (χ1n) is 10.7. The number of thiazole rings is 1. The largest absolute Gasteiger partial charge is 0.497 e.